The lowest BCUT2D eigenvalue weighted by Gasteiger charge is -2.39. The second-order valence-corrected chi connectivity index (χ2v) is 16.4. The number of likely N-dealkylation sites (tertiary alicyclic amines) is 1. The Morgan fingerprint density at radius 3 is 2.12 bits per heavy atom. The van der Waals surface area contributed by atoms with Crippen LogP contribution in [0.15, 0.2) is 18.6 Å². The van der Waals surface area contributed by atoms with Crippen LogP contribution >= 0.6 is 0 Å². The molecule has 3 fully saturated rings. The van der Waals surface area contributed by atoms with Crippen molar-refractivity contribution in [2.45, 2.75) is 143 Å². The molecular weight excluding hydrogens is 638 g/mol. The summed E-state index contributed by atoms with van der Waals surface area (Å²) < 4.78 is 0. The van der Waals surface area contributed by atoms with E-state index in [1.54, 1.807) is 0 Å². The number of ketones is 1. The van der Waals surface area contributed by atoms with Crippen molar-refractivity contribution in [3.63, 3.8) is 0 Å². The fraction of sp³-hybridized carbons (Fsp3) is 0.730. The minimum atomic E-state index is -1.03. The van der Waals surface area contributed by atoms with Crippen LogP contribution in [-0.2, 0) is 24.0 Å². The number of carbonyl (C=O) groups excluding carboxylic acids is 6. The third-order valence-electron chi connectivity index (χ3n) is 10.3. The molecule has 0 radical (unpaired) electrons. The molecule has 0 aromatic carbocycles. The summed E-state index contributed by atoms with van der Waals surface area (Å²) in [5.74, 6) is -3.65. The molecule has 1 saturated heterocycles. The largest absolute Gasteiger partial charge is 0.347 e. The van der Waals surface area contributed by atoms with Crippen molar-refractivity contribution >= 4 is 35.3 Å². The van der Waals surface area contributed by atoms with Crippen molar-refractivity contribution in [3.8, 4) is 0 Å². The van der Waals surface area contributed by atoms with Crippen molar-refractivity contribution in [1.82, 2.24) is 36.1 Å². The Labute approximate surface area is 296 Å². The number of Topliss-reactive ketones (excluding diaryl/α,β-unsaturated/α-hetero) is 1. The fourth-order valence-electron chi connectivity index (χ4n) is 7.27. The summed E-state index contributed by atoms with van der Waals surface area (Å²) in [7, 11) is 0. The van der Waals surface area contributed by atoms with Gasteiger partial charge < -0.3 is 26.2 Å². The van der Waals surface area contributed by atoms with Gasteiger partial charge in [-0.1, -0.05) is 74.1 Å². The predicted octanol–water partition coefficient (Wildman–Crippen LogP) is 3.08. The van der Waals surface area contributed by atoms with E-state index in [0.29, 0.717) is 12.8 Å². The molecule has 276 valence electrons. The Kier molecular flexibility index (Phi) is 12.8. The molecule has 4 rings (SSSR count). The Balaban J connectivity index is 1.59. The second kappa shape index (κ2) is 16.4. The standard InChI is InChI=1S/C37H57N7O6/c1-8-12-25(29(45)34(49)40-23-15-16-23)41-33(48)28-24(36(2,3)4)17-20-44(28)35(50)30(37(5,6)7)43-32(47)27(22-13-10-9-11-14-22)42-31(46)26-21-38-18-19-39-26/h18-19,21-25,27-28,30H,8-17,20H2,1-7H3,(H,40,49)(H,41,48)(H,42,46)(H,43,47)/t24-,25-,27+,28-,30-/m0/s1. The van der Waals surface area contributed by atoms with Gasteiger partial charge in [-0.2, -0.15) is 0 Å². The SMILES string of the molecule is CCC[C@H](NC(=O)[C@@H]1[C@@H](C(C)(C)C)CCN1C(=O)[C@H](NC(=O)[C@H](NC(=O)c1cnccn1)C1CCCCC1)C(C)(C)C)C(=O)C(=O)NC1CC1. The first kappa shape index (κ1) is 38.9. The highest BCUT2D eigenvalue weighted by molar-refractivity contribution is 6.38. The van der Waals surface area contributed by atoms with E-state index in [0.717, 1.165) is 44.9 Å². The smallest absolute Gasteiger partial charge is 0.289 e. The van der Waals surface area contributed by atoms with Crippen molar-refractivity contribution in [3.05, 3.63) is 24.3 Å². The van der Waals surface area contributed by atoms with Crippen molar-refractivity contribution in [1.29, 1.82) is 0 Å². The number of hydrogen-bond donors (Lipinski definition) is 4. The van der Waals surface area contributed by atoms with E-state index in [4.69, 9.17) is 0 Å². The lowest BCUT2D eigenvalue weighted by Crippen LogP contribution is -2.62. The summed E-state index contributed by atoms with van der Waals surface area (Å²) in [4.78, 5) is 91.6. The summed E-state index contributed by atoms with van der Waals surface area (Å²) in [5, 5.41) is 11.5. The van der Waals surface area contributed by atoms with E-state index in [9.17, 15) is 28.8 Å². The molecule has 2 heterocycles. The molecular formula is C37H57N7O6. The summed E-state index contributed by atoms with van der Waals surface area (Å²) in [5.41, 5.74) is -1.04. The van der Waals surface area contributed by atoms with Crippen molar-refractivity contribution in [2.75, 3.05) is 6.54 Å². The first-order valence-electron chi connectivity index (χ1n) is 18.4. The molecule has 1 aromatic heterocycles. The topological polar surface area (TPSA) is 180 Å². The van der Waals surface area contributed by atoms with E-state index in [1.165, 1.54) is 23.5 Å². The van der Waals surface area contributed by atoms with Crippen LogP contribution in [0.5, 0.6) is 0 Å². The van der Waals surface area contributed by atoms with Gasteiger partial charge in [0.15, 0.2) is 0 Å². The van der Waals surface area contributed by atoms with Gasteiger partial charge in [0.25, 0.3) is 11.8 Å². The van der Waals surface area contributed by atoms with Crippen LogP contribution in [0.4, 0.5) is 0 Å². The Morgan fingerprint density at radius 2 is 1.56 bits per heavy atom. The molecule has 5 atom stereocenters. The van der Waals surface area contributed by atoms with Gasteiger partial charge in [0.1, 0.15) is 23.8 Å². The average Bonchev–Trinajstić information content (AvgIpc) is 3.76. The maximum Gasteiger partial charge on any atom is 0.289 e. The summed E-state index contributed by atoms with van der Waals surface area (Å²) in [6, 6.07) is -3.86. The van der Waals surface area contributed by atoms with Crippen LogP contribution in [0.25, 0.3) is 0 Å². The van der Waals surface area contributed by atoms with E-state index < -0.39 is 64.9 Å². The highest BCUT2D eigenvalue weighted by Crippen LogP contribution is 2.40. The quantitative estimate of drug-likeness (QED) is 0.227. The maximum absolute atomic E-state index is 14.6. The molecule has 1 aromatic rings. The molecule has 3 aliphatic rings. The molecule has 50 heavy (non-hydrogen) atoms. The Bertz CT molecular complexity index is 1390. The normalized spacial score (nSPS) is 21.8. The maximum atomic E-state index is 14.6. The third-order valence-corrected chi connectivity index (χ3v) is 10.3. The van der Waals surface area contributed by atoms with Gasteiger partial charge in [0.05, 0.1) is 12.2 Å². The minimum absolute atomic E-state index is 0.000214. The van der Waals surface area contributed by atoms with Crippen LogP contribution in [0.1, 0.15) is 123 Å². The van der Waals surface area contributed by atoms with Crippen molar-refractivity contribution in [2.24, 2.45) is 22.7 Å². The number of nitrogens with one attached hydrogen (secondary N) is 4. The molecule has 0 bridgehead atoms. The highest BCUT2D eigenvalue weighted by atomic mass is 16.2. The lowest BCUT2D eigenvalue weighted by atomic mass is 9.75. The number of hydrogen-bond acceptors (Lipinski definition) is 8. The molecule has 13 heteroatoms. The van der Waals surface area contributed by atoms with E-state index >= 15 is 0 Å². The second-order valence-electron chi connectivity index (χ2n) is 16.4. The molecule has 5 amide bonds. The first-order valence-corrected chi connectivity index (χ1v) is 18.4. The molecule has 0 unspecified atom stereocenters. The minimum Gasteiger partial charge on any atom is -0.347 e. The van der Waals surface area contributed by atoms with Crippen LogP contribution in [0.3, 0.4) is 0 Å². The van der Waals surface area contributed by atoms with Crippen LogP contribution < -0.4 is 21.3 Å². The van der Waals surface area contributed by atoms with Gasteiger partial charge in [-0.15, -0.1) is 0 Å². The third kappa shape index (κ3) is 9.87. The Hall–Kier alpha value is -3.90. The van der Waals surface area contributed by atoms with Gasteiger partial charge in [-0.3, -0.25) is 33.8 Å². The summed E-state index contributed by atoms with van der Waals surface area (Å²) in [6.07, 6.45) is 11.7. The average molecular weight is 696 g/mol. The predicted molar refractivity (Wildman–Crippen MR) is 187 cm³/mol. The number of aromatic nitrogens is 2. The lowest BCUT2D eigenvalue weighted by molar-refractivity contribution is -0.146. The zero-order valence-electron chi connectivity index (χ0n) is 30.8. The summed E-state index contributed by atoms with van der Waals surface area (Å²) in [6.45, 7) is 13.8. The first-order chi connectivity index (χ1) is 23.5. The van der Waals surface area contributed by atoms with Crippen LogP contribution in [0, 0.1) is 22.7 Å². The molecule has 13 nitrogen and oxygen atoms in total. The van der Waals surface area contributed by atoms with Crippen LogP contribution in [-0.4, -0.2) is 86.9 Å². The zero-order chi connectivity index (χ0) is 36.8. The van der Waals surface area contributed by atoms with Gasteiger partial charge in [0.2, 0.25) is 23.5 Å². The molecule has 2 aliphatic carbocycles. The number of carbonyl (C=O) groups is 6. The highest BCUT2D eigenvalue weighted by Gasteiger charge is 2.50. The fourth-order valence-corrected chi connectivity index (χ4v) is 7.27. The van der Waals surface area contributed by atoms with E-state index in [-0.39, 0.29) is 42.0 Å². The number of nitrogens with zero attached hydrogens (tertiary/aromatic N) is 3. The summed E-state index contributed by atoms with van der Waals surface area (Å²) >= 11 is 0. The van der Waals surface area contributed by atoms with Crippen LogP contribution in [0.2, 0.25) is 0 Å². The van der Waals surface area contributed by atoms with Gasteiger partial charge in [-0.05, 0) is 61.2 Å². The number of amides is 5. The molecule has 0 spiro atoms. The molecule has 1 aliphatic heterocycles. The van der Waals surface area contributed by atoms with E-state index in [1.807, 2.05) is 48.5 Å². The molecule has 2 saturated carbocycles. The monoisotopic (exact) mass is 695 g/mol. The molecule has 4 N–H and O–H groups in total. The van der Waals surface area contributed by atoms with Gasteiger partial charge in [0, 0.05) is 25.0 Å². The van der Waals surface area contributed by atoms with Crippen molar-refractivity contribution < 1.29 is 28.8 Å². The van der Waals surface area contributed by atoms with Gasteiger partial charge >= 0.3 is 0 Å². The Morgan fingerprint density at radius 1 is 0.880 bits per heavy atom. The number of rotatable bonds is 13. The zero-order valence-corrected chi connectivity index (χ0v) is 30.8. The van der Waals surface area contributed by atoms with Gasteiger partial charge in [-0.25, -0.2) is 4.98 Å². The van der Waals surface area contributed by atoms with E-state index in [2.05, 4.69) is 31.2 Å².